The Balaban J connectivity index is 2.27. The van der Waals surface area contributed by atoms with Crippen LogP contribution in [0.3, 0.4) is 0 Å². The van der Waals surface area contributed by atoms with Crippen LogP contribution >= 0.6 is 11.8 Å². The van der Waals surface area contributed by atoms with Crippen LogP contribution in [-0.2, 0) is 4.74 Å². The molecule has 2 unspecified atom stereocenters. The molecule has 0 aromatic rings. The first-order valence-electron chi connectivity index (χ1n) is 4.01. The standard InChI is InChI=1S/C8H13NOS/c1-7(11-6-9)8-4-2-3-5-10-8/h7-8H,2-5H2,1H3. The average molecular weight is 171 g/mol. The van der Waals surface area contributed by atoms with Crippen LogP contribution in [0.5, 0.6) is 0 Å². The highest BCUT2D eigenvalue weighted by atomic mass is 32.2. The highest BCUT2D eigenvalue weighted by Gasteiger charge is 2.20. The summed E-state index contributed by atoms with van der Waals surface area (Å²) in [4.78, 5) is 0. The van der Waals surface area contributed by atoms with E-state index in [-0.39, 0.29) is 0 Å². The van der Waals surface area contributed by atoms with E-state index in [2.05, 4.69) is 12.3 Å². The molecule has 1 aliphatic heterocycles. The lowest BCUT2D eigenvalue weighted by Crippen LogP contribution is -2.27. The van der Waals surface area contributed by atoms with Gasteiger partial charge < -0.3 is 4.74 Å². The van der Waals surface area contributed by atoms with Gasteiger partial charge >= 0.3 is 0 Å². The molecule has 0 saturated carbocycles. The minimum Gasteiger partial charge on any atom is -0.377 e. The van der Waals surface area contributed by atoms with Crippen molar-refractivity contribution in [3.63, 3.8) is 0 Å². The fraction of sp³-hybridized carbons (Fsp3) is 0.875. The summed E-state index contributed by atoms with van der Waals surface area (Å²) in [5.41, 5.74) is 0. The predicted molar refractivity (Wildman–Crippen MR) is 46.3 cm³/mol. The van der Waals surface area contributed by atoms with Crippen LogP contribution in [0.15, 0.2) is 0 Å². The van der Waals surface area contributed by atoms with Gasteiger partial charge in [0.1, 0.15) is 5.40 Å². The molecule has 0 amide bonds. The monoisotopic (exact) mass is 171 g/mol. The topological polar surface area (TPSA) is 33.0 Å². The van der Waals surface area contributed by atoms with Crippen molar-refractivity contribution < 1.29 is 4.74 Å². The first kappa shape index (κ1) is 8.89. The molecule has 0 spiro atoms. The second-order valence-electron chi connectivity index (χ2n) is 2.82. The van der Waals surface area contributed by atoms with E-state index in [1.54, 1.807) is 0 Å². The molecule has 0 N–H and O–H groups in total. The zero-order chi connectivity index (χ0) is 8.10. The van der Waals surface area contributed by atoms with Gasteiger partial charge in [0.2, 0.25) is 0 Å². The van der Waals surface area contributed by atoms with E-state index in [0.717, 1.165) is 13.0 Å². The summed E-state index contributed by atoms with van der Waals surface area (Å²) in [5.74, 6) is 0. The number of nitriles is 1. The van der Waals surface area contributed by atoms with Gasteiger partial charge in [0.05, 0.1) is 6.10 Å². The van der Waals surface area contributed by atoms with Gasteiger partial charge in [0.25, 0.3) is 0 Å². The summed E-state index contributed by atoms with van der Waals surface area (Å²) < 4.78 is 5.52. The summed E-state index contributed by atoms with van der Waals surface area (Å²) in [5, 5.41) is 10.9. The third-order valence-electron chi connectivity index (χ3n) is 1.98. The van der Waals surface area contributed by atoms with Crippen molar-refractivity contribution >= 4 is 11.8 Å². The zero-order valence-electron chi connectivity index (χ0n) is 6.75. The van der Waals surface area contributed by atoms with Crippen LogP contribution in [0.25, 0.3) is 0 Å². The van der Waals surface area contributed by atoms with E-state index in [1.807, 2.05) is 0 Å². The zero-order valence-corrected chi connectivity index (χ0v) is 7.56. The summed E-state index contributed by atoms with van der Waals surface area (Å²) in [6, 6.07) is 0. The van der Waals surface area contributed by atoms with Crippen LogP contribution in [-0.4, -0.2) is 18.0 Å². The SMILES string of the molecule is CC(SC#N)C1CCCCO1. The molecule has 1 aliphatic rings. The molecule has 1 heterocycles. The van der Waals surface area contributed by atoms with Crippen molar-refractivity contribution in [3.05, 3.63) is 0 Å². The molecule has 1 rings (SSSR count). The molecule has 1 fully saturated rings. The number of thioether (sulfide) groups is 1. The normalized spacial score (nSPS) is 27.5. The molecule has 0 aromatic heterocycles. The molecule has 62 valence electrons. The maximum Gasteiger partial charge on any atom is 0.133 e. The fourth-order valence-corrected chi connectivity index (χ4v) is 1.83. The Morgan fingerprint density at radius 3 is 3.00 bits per heavy atom. The molecule has 0 bridgehead atoms. The summed E-state index contributed by atoms with van der Waals surface area (Å²) >= 11 is 1.32. The predicted octanol–water partition coefficient (Wildman–Crippen LogP) is 2.16. The molecule has 2 atom stereocenters. The van der Waals surface area contributed by atoms with Gasteiger partial charge in [-0.25, -0.2) is 0 Å². The van der Waals surface area contributed by atoms with Gasteiger partial charge in [-0.05, 0) is 37.9 Å². The van der Waals surface area contributed by atoms with E-state index in [4.69, 9.17) is 10.00 Å². The number of ether oxygens (including phenoxy) is 1. The molecule has 0 aromatic carbocycles. The number of rotatable bonds is 2. The van der Waals surface area contributed by atoms with E-state index in [1.165, 1.54) is 24.6 Å². The first-order chi connectivity index (χ1) is 5.34. The van der Waals surface area contributed by atoms with Gasteiger partial charge in [-0.3, -0.25) is 0 Å². The number of hydrogen-bond donors (Lipinski definition) is 0. The first-order valence-corrected chi connectivity index (χ1v) is 4.89. The smallest absolute Gasteiger partial charge is 0.133 e. The second kappa shape index (κ2) is 4.63. The van der Waals surface area contributed by atoms with Crippen molar-refractivity contribution in [1.82, 2.24) is 0 Å². The molecule has 11 heavy (non-hydrogen) atoms. The maximum absolute atomic E-state index is 8.42. The Kier molecular flexibility index (Phi) is 3.74. The van der Waals surface area contributed by atoms with Crippen LogP contribution in [0, 0.1) is 10.7 Å². The van der Waals surface area contributed by atoms with Crippen LogP contribution in [0.1, 0.15) is 26.2 Å². The molecule has 2 nitrogen and oxygen atoms in total. The summed E-state index contributed by atoms with van der Waals surface area (Å²) in [6.45, 7) is 2.94. The highest BCUT2D eigenvalue weighted by Crippen LogP contribution is 2.23. The van der Waals surface area contributed by atoms with Crippen molar-refractivity contribution in [2.24, 2.45) is 0 Å². The van der Waals surface area contributed by atoms with Gasteiger partial charge in [-0.1, -0.05) is 0 Å². The van der Waals surface area contributed by atoms with Crippen LogP contribution < -0.4 is 0 Å². The number of nitrogens with zero attached hydrogens (tertiary/aromatic N) is 1. The quantitative estimate of drug-likeness (QED) is 0.597. The lowest BCUT2D eigenvalue weighted by atomic mass is 10.1. The van der Waals surface area contributed by atoms with E-state index < -0.39 is 0 Å². The third kappa shape index (κ3) is 2.72. The maximum atomic E-state index is 8.42. The van der Waals surface area contributed by atoms with E-state index >= 15 is 0 Å². The average Bonchev–Trinajstić information content (AvgIpc) is 2.07. The Morgan fingerprint density at radius 2 is 2.45 bits per heavy atom. The van der Waals surface area contributed by atoms with E-state index in [0.29, 0.717) is 11.4 Å². The summed E-state index contributed by atoms with van der Waals surface area (Å²) in [6.07, 6.45) is 3.87. The minimum atomic E-state index is 0.313. The Morgan fingerprint density at radius 1 is 1.64 bits per heavy atom. The summed E-state index contributed by atoms with van der Waals surface area (Å²) in [7, 11) is 0. The number of hydrogen-bond acceptors (Lipinski definition) is 3. The van der Waals surface area contributed by atoms with Crippen LogP contribution in [0.2, 0.25) is 0 Å². The Hall–Kier alpha value is -0.200. The highest BCUT2D eigenvalue weighted by molar-refractivity contribution is 8.04. The molecule has 1 saturated heterocycles. The van der Waals surface area contributed by atoms with Gasteiger partial charge in [0.15, 0.2) is 0 Å². The Bertz CT molecular complexity index is 149. The van der Waals surface area contributed by atoms with Crippen molar-refractivity contribution in [1.29, 1.82) is 5.26 Å². The third-order valence-corrected chi connectivity index (χ3v) is 2.76. The molecule has 3 heteroatoms. The molecular formula is C8H13NOS. The fourth-order valence-electron chi connectivity index (χ4n) is 1.29. The molecular weight excluding hydrogens is 158 g/mol. The van der Waals surface area contributed by atoms with E-state index in [9.17, 15) is 0 Å². The van der Waals surface area contributed by atoms with Crippen molar-refractivity contribution in [2.75, 3.05) is 6.61 Å². The number of thiocyanates is 1. The largest absolute Gasteiger partial charge is 0.377 e. The van der Waals surface area contributed by atoms with Crippen molar-refractivity contribution in [2.45, 2.75) is 37.5 Å². The second-order valence-corrected chi connectivity index (χ2v) is 3.98. The van der Waals surface area contributed by atoms with Gasteiger partial charge in [-0.15, -0.1) is 0 Å². The van der Waals surface area contributed by atoms with Crippen LogP contribution in [0.4, 0.5) is 0 Å². The van der Waals surface area contributed by atoms with Crippen molar-refractivity contribution in [3.8, 4) is 5.40 Å². The lowest BCUT2D eigenvalue weighted by Gasteiger charge is -2.25. The molecule has 0 aliphatic carbocycles. The Labute approximate surface area is 71.9 Å². The lowest BCUT2D eigenvalue weighted by molar-refractivity contribution is 0.0179. The molecule has 0 radical (unpaired) electrons. The van der Waals surface area contributed by atoms with Gasteiger partial charge in [-0.2, -0.15) is 5.26 Å². The minimum absolute atomic E-state index is 0.313. The van der Waals surface area contributed by atoms with Gasteiger partial charge in [0, 0.05) is 11.9 Å².